The zero-order chi connectivity index (χ0) is 32.8. The highest BCUT2D eigenvalue weighted by Gasteiger charge is 2.16. The van der Waals surface area contributed by atoms with Gasteiger partial charge in [0.1, 0.15) is 11.5 Å². The van der Waals surface area contributed by atoms with Gasteiger partial charge < -0.3 is 28.4 Å². The number of allylic oxidation sites excluding steroid dienone is 2. The van der Waals surface area contributed by atoms with E-state index in [1.807, 2.05) is 0 Å². The van der Waals surface area contributed by atoms with E-state index in [9.17, 15) is 19.2 Å². The molecule has 0 heterocycles. The van der Waals surface area contributed by atoms with Gasteiger partial charge in [0.15, 0.2) is 11.5 Å². The van der Waals surface area contributed by atoms with Gasteiger partial charge >= 0.3 is 23.9 Å². The molecule has 2 aromatic carbocycles. The van der Waals surface area contributed by atoms with Crippen LogP contribution in [-0.2, 0) is 28.5 Å². The first-order valence-electron chi connectivity index (χ1n) is 14.0. The molecule has 0 bridgehead atoms. The Bertz CT molecular complexity index is 1580. The van der Waals surface area contributed by atoms with Crippen LogP contribution >= 0.6 is 0 Å². The maximum absolute atomic E-state index is 12.6. The van der Waals surface area contributed by atoms with E-state index in [-0.39, 0.29) is 30.3 Å². The first-order valence-corrected chi connectivity index (χ1v) is 14.0. The minimum atomic E-state index is -0.614. The van der Waals surface area contributed by atoms with Crippen LogP contribution in [0.25, 0.3) is 0 Å². The zero-order valence-corrected chi connectivity index (χ0v) is 25.4. The number of esters is 4. The van der Waals surface area contributed by atoms with Crippen LogP contribution in [0, 0.1) is 0 Å². The van der Waals surface area contributed by atoms with E-state index in [1.54, 1.807) is 69.3 Å². The number of carbonyl (C=O) groups excluding carboxylic acids is 4. The molecule has 0 saturated heterocycles. The SMILES string of the molecule is C=C(C)C(=O)OCCCOc1ccc(C(=O)OC2=C=C=C(OC(=O)c3ccc(OCCCOC(=O)C(=C)C)cc3)C(C)=C2)cc1. The molecule has 3 rings (SSSR count). The Hall–Kier alpha value is -5.56. The molecule has 0 N–H and O–H groups in total. The summed E-state index contributed by atoms with van der Waals surface area (Å²) in [5, 5.41) is 0. The molecule has 1 aliphatic rings. The summed E-state index contributed by atoms with van der Waals surface area (Å²) in [5.74, 6) is -0.776. The van der Waals surface area contributed by atoms with Crippen LogP contribution in [0.1, 0.15) is 54.3 Å². The van der Waals surface area contributed by atoms with Crippen molar-refractivity contribution in [3.05, 3.63) is 119 Å². The van der Waals surface area contributed by atoms with Gasteiger partial charge in [0.05, 0.1) is 37.6 Å². The molecular formula is C35H34O10. The molecular weight excluding hydrogens is 580 g/mol. The highest BCUT2D eigenvalue weighted by atomic mass is 16.6. The molecule has 0 radical (unpaired) electrons. The van der Waals surface area contributed by atoms with Crippen molar-refractivity contribution in [1.82, 2.24) is 0 Å². The maximum atomic E-state index is 12.6. The second-order valence-corrected chi connectivity index (χ2v) is 9.84. The van der Waals surface area contributed by atoms with E-state index >= 15 is 0 Å². The Morgan fingerprint density at radius 3 is 1.51 bits per heavy atom. The Morgan fingerprint density at radius 1 is 0.644 bits per heavy atom. The zero-order valence-electron chi connectivity index (χ0n) is 25.4. The van der Waals surface area contributed by atoms with Gasteiger partial charge in [-0.15, -0.1) is 0 Å². The van der Waals surface area contributed by atoms with Crippen molar-refractivity contribution in [1.29, 1.82) is 0 Å². The van der Waals surface area contributed by atoms with Gasteiger partial charge in [-0.25, -0.2) is 19.2 Å². The summed E-state index contributed by atoms with van der Waals surface area (Å²) in [6.07, 6.45) is 2.51. The van der Waals surface area contributed by atoms with Gasteiger partial charge in [-0.3, -0.25) is 0 Å². The molecule has 0 unspecified atom stereocenters. The van der Waals surface area contributed by atoms with Crippen LogP contribution < -0.4 is 9.47 Å². The predicted molar refractivity (Wildman–Crippen MR) is 163 cm³/mol. The second-order valence-electron chi connectivity index (χ2n) is 9.84. The molecule has 0 amide bonds. The minimum Gasteiger partial charge on any atom is -0.493 e. The van der Waals surface area contributed by atoms with E-state index < -0.39 is 23.9 Å². The third-order valence-electron chi connectivity index (χ3n) is 5.86. The van der Waals surface area contributed by atoms with Crippen molar-refractivity contribution in [3.8, 4) is 11.5 Å². The van der Waals surface area contributed by atoms with Crippen LogP contribution in [0.2, 0.25) is 0 Å². The minimum absolute atomic E-state index is 0.109. The van der Waals surface area contributed by atoms with Crippen LogP contribution in [0.5, 0.6) is 11.5 Å². The molecule has 10 nitrogen and oxygen atoms in total. The summed E-state index contributed by atoms with van der Waals surface area (Å²) in [4.78, 5) is 48.0. The lowest BCUT2D eigenvalue weighted by atomic mass is 10.1. The molecule has 2 aromatic rings. The van der Waals surface area contributed by atoms with Crippen molar-refractivity contribution in [2.75, 3.05) is 26.4 Å². The van der Waals surface area contributed by atoms with Crippen molar-refractivity contribution in [2.45, 2.75) is 33.6 Å². The largest absolute Gasteiger partial charge is 0.493 e. The summed E-state index contributed by atoms with van der Waals surface area (Å²) >= 11 is 0. The Morgan fingerprint density at radius 2 is 1.09 bits per heavy atom. The van der Waals surface area contributed by atoms with Gasteiger partial charge in [0.25, 0.3) is 0 Å². The summed E-state index contributed by atoms with van der Waals surface area (Å²) in [6.45, 7) is 12.9. The lowest BCUT2D eigenvalue weighted by molar-refractivity contribution is -0.140. The van der Waals surface area contributed by atoms with Crippen LogP contribution in [-0.4, -0.2) is 50.3 Å². The van der Waals surface area contributed by atoms with Gasteiger partial charge in [0, 0.05) is 29.6 Å². The van der Waals surface area contributed by atoms with E-state index in [4.69, 9.17) is 28.4 Å². The molecule has 1 aliphatic carbocycles. The molecule has 0 aliphatic heterocycles. The van der Waals surface area contributed by atoms with Gasteiger partial charge in [-0.2, -0.15) is 0 Å². The molecule has 0 fully saturated rings. The fraction of sp³-hybridized carbons (Fsp3) is 0.257. The molecule has 0 saturated carbocycles. The monoisotopic (exact) mass is 614 g/mol. The number of benzene rings is 2. The van der Waals surface area contributed by atoms with Crippen LogP contribution in [0.15, 0.2) is 107 Å². The fourth-order valence-electron chi connectivity index (χ4n) is 3.44. The topological polar surface area (TPSA) is 124 Å². The number of ether oxygens (including phenoxy) is 6. The lowest BCUT2D eigenvalue weighted by Crippen LogP contribution is -2.10. The first-order chi connectivity index (χ1) is 21.5. The molecule has 0 aromatic heterocycles. The summed E-state index contributed by atoms with van der Waals surface area (Å²) in [7, 11) is 0. The lowest BCUT2D eigenvalue weighted by Gasteiger charge is -2.11. The number of rotatable bonds is 16. The normalized spacial score (nSPS) is 11.7. The summed E-state index contributed by atoms with van der Waals surface area (Å²) in [6, 6.07) is 12.8. The van der Waals surface area contributed by atoms with E-state index in [0.717, 1.165) is 0 Å². The Labute approximate surface area is 261 Å². The number of hydrogen-bond donors (Lipinski definition) is 0. The fourth-order valence-corrected chi connectivity index (χ4v) is 3.44. The van der Waals surface area contributed by atoms with Crippen LogP contribution in [0.3, 0.4) is 0 Å². The first kappa shape index (κ1) is 33.9. The van der Waals surface area contributed by atoms with Gasteiger partial charge in [-0.05, 0) is 86.8 Å². The van der Waals surface area contributed by atoms with Crippen molar-refractivity contribution < 1.29 is 47.6 Å². The molecule has 45 heavy (non-hydrogen) atoms. The third-order valence-corrected chi connectivity index (χ3v) is 5.86. The van der Waals surface area contributed by atoms with Crippen molar-refractivity contribution >= 4 is 23.9 Å². The standard InChI is InChI=1S/C35H34O10/c1-23(2)32(36)42-20-6-18-40-28-12-8-26(9-13-28)34(38)44-30-16-17-31(25(5)22-30)45-35(39)27-10-14-29(15-11-27)41-19-7-21-43-33(37)24(3)4/h8-15,22H,1,3,6-7,18-21H2,2,4-5H3. The summed E-state index contributed by atoms with van der Waals surface area (Å²) < 4.78 is 32.1. The van der Waals surface area contributed by atoms with E-state index in [0.29, 0.717) is 59.8 Å². The highest BCUT2D eigenvalue weighted by Crippen LogP contribution is 2.21. The average molecular weight is 615 g/mol. The predicted octanol–water partition coefficient (Wildman–Crippen LogP) is 5.96. The second kappa shape index (κ2) is 16.9. The highest BCUT2D eigenvalue weighted by molar-refractivity contribution is 5.91. The molecule has 0 atom stereocenters. The van der Waals surface area contributed by atoms with Crippen LogP contribution in [0.4, 0.5) is 0 Å². The molecule has 0 spiro atoms. The van der Waals surface area contributed by atoms with Crippen molar-refractivity contribution in [3.63, 3.8) is 0 Å². The van der Waals surface area contributed by atoms with E-state index in [1.165, 1.54) is 6.08 Å². The van der Waals surface area contributed by atoms with Gasteiger partial charge in [0.2, 0.25) is 0 Å². The van der Waals surface area contributed by atoms with Crippen molar-refractivity contribution in [2.24, 2.45) is 0 Å². The summed E-state index contributed by atoms with van der Waals surface area (Å²) in [5.41, 5.74) is 7.17. The average Bonchev–Trinajstić information content (AvgIpc) is 3.02. The Kier molecular flexibility index (Phi) is 12.8. The maximum Gasteiger partial charge on any atom is 0.344 e. The smallest absolute Gasteiger partial charge is 0.344 e. The Balaban J connectivity index is 1.47. The molecule has 234 valence electrons. The number of hydrogen-bond acceptors (Lipinski definition) is 10. The molecule has 10 heteroatoms. The quantitative estimate of drug-likeness (QED) is 0.0736. The van der Waals surface area contributed by atoms with Gasteiger partial charge in [-0.1, -0.05) is 13.2 Å². The number of carbonyl (C=O) groups is 4. The third kappa shape index (κ3) is 11.2. The van der Waals surface area contributed by atoms with E-state index in [2.05, 4.69) is 24.6 Å².